The first-order valence-corrected chi connectivity index (χ1v) is 5.52. The lowest BCUT2D eigenvalue weighted by Gasteiger charge is -2.10. The fourth-order valence-electron chi connectivity index (χ4n) is 1.59. The van der Waals surface area contributed by atoms with Crippen LogP contribution in [0, 0.1) is 17.1 Å². The number of carbonyl (C=O) groups is 1. The molecule has 0 amide bonds. The van der Waals surface area contributed by atoms with E-state index in [9.17, 15) is 9.18 Å². The van der Waals surface area contributed by atoms with Crippen molar-refractivity contribution in [3.8, 4) is 17.6 Å². The lowest BCUT2D eigenvalue weighted by Crippen LogP contribution is -2.03. The number of anilines is 1. The Morgan fingerprint density at radius 3 is 2.65 bits per heavy atom. The zero-order valence-electron chi connectivity index (χ0n) is 10.1. The minimum absolute atomic E-state index is 0.0310. The van der Waals surface area contributed by atoms with E-state index in [-0.39, 0.29) is 22.7 Å². The van der Waals surface area contributed by atoms with Gasteiger partial charge in [-0.1, -0.05) is 12.1 Å². The smallest absolute Gasteiger partial charge is 0.338 e. The van der Waals surface area contributed by atoms with Crippen LogP contribution in [0.3, 0.4) is 0 Å². The van der Waals surface area contributed by atoms with Gasteiger partial charge < -0.3 is 15.6 Å². The van der Waals surface area contributed by atoms with Crippen molar-refractivity contribution in [2.24, 2.45) is 0 Å². The number of aromatic carboxylic acids is 1. The van der Waals surface area contributed by atoms with Gasteiger partial charge in [0.2, 0.25) is 0 Å². The van der Waals surface area contributed by atoms with Crippen molar-refractivity contribution in [2.75, 3.05) is 5.73 Å². The van der Waals surface area contributed by atoms with Crippen LogP contribution in [0.25, 0.3) is 0 Å². The molecular formula is C14H9FN2O3. The maximum absolute atomic E-state index is 13.6. The Morgan fingerprint density at radius 1 is 1.30 bits per heavy atom. The van der Waals surface area contributed by atoms with Crippen molar-refractivity contribution in [2.45, 2.75) is 0 Å². The predicted molar refractivity (Wildman–Crippen MR) is 69.0 cm³/mol. The second kappa shape index (κ2) is 5.28. The summed E-state index contributed by atoms with van der Waals surface area (Å²) >= 11 is 0. The number of hydrogen-bond donors (Lipinski definition) is 2. The Labute approximate surface area is 113 Å². The molecule has 20 heavy (non-hydrogen) atoms. The zero-order chi connectivity index (χ0) is 14.7. The molecule has 5 nitrogen and oxygen atoms in total. The summed E-state index contributed by atoms with van der Waals surface area (Å²) in [5.41, 5.74) is 5.32. The molecule has 0 spiro atoms. The molecular weight excluding hydrogens is 263 g/mol. The fourth-order valence-corrected chi connectivity index (χ4v) is 1.59. The summed E-state index contributed by atoms with van der Waals surface area (Å²) in [4.78, 5) is 10.8. The van der Waals surface area contributed by atoms with Gasteiger partial charge in [0.15, 0.2) is 5.75 Å². The molecule has 0 unspecified atom stereocenters. The lowest BCUT2D eigenvalue weighted by molar-refractivity contribution is 0.0692. The van der Waals surface area contributed by atoms with Crippen LogP contribution in [0.4, 0.5) is 10.1 Å². The molecule has 0 radical (unpaired) electrons. The van der Waals surface area contributed by atoms with E-state index < -0.39 is 17.3 Å². The number of nitrogens with two attached hydrogens (primary N) is 1. The van der Waals surface area contributed by atoms with Crippen LogP contribution in [0.15, 0.2) is 36.4 Å². The first-order chi connectivity index (χ1) is 9.52. The van der Waals surface area contributed by atoms with Gasteiger partial charge in [-0.3, -0.25) is 0 Å². The second-order valence-corrected chi connectivity index (χ2v) is 3.89. The number of rotatable bonds is 3. The van der Waals surface area contributed by atoms with Crippen molar-refractivity contribution in [1.82, 2.24) is 0 Å². The fraction of sp³-hybridized carbons (Fsp3) is 0. The third kappa shape index (κ3) is 2.52. The van der Waals surface area contributed by atoms with Crippen LogP contribution in [0.2, 0.25) is 0 Å². The van der Waals surface area contributed by atoms with Crippen molar-refractivity contribution in [1.29, 1.82) is 5.26 Å². The monoisotopic (exact) mass is 272 g/mol. The van der Waals surface area contributed by atoms with Gasteiger partial charge in [0.05, 0.1) is 16.8 Å². The summed E-state index contributed by atoms with van der Waals surface area (Å²) in [5, 5.41) is 17.7. The number of halogens is 1. The molecule has 0 aliphatic rings. The average molecular weight is 272 g/mol. The zero-order valence-corrected chi connectivity index (χ0v) is 10.1. The summed E-state index contributed by atoms with van der Waals surface area (Å²) in [6.45, 7) is 0. The van der Waals surface area contributed by atoms with E-state index in [2.05, 4.69) is 0 Å². The second-order valence-electron chi connectivity index (χ2n) is 3.89. The van der Waals surface area contributed by atoms with Crippen LogP contribution >= 0.6 is 0 Å². The summed E-state index contributed by atoms with van der Waals surface area (Å²) < 4.78 is 19.0. The largest absolute Gasteiger partial charge is 0.478 e. The Balaban J connectivity index is 2.43. The van der Waals surface area contributed by atoms with E-state index in [4.69, 9.17) is 20.8 Å². The van der Waals surface area contributed by atoms with Crippen LogP contribution in [-0.4, -0.2) is 11.1 Å². The molecule has 0 heterocycles. The third-order valence-corrected chi connectivity index (χ3v) is 2.56. The van der Waals surface area contributed by atoms with Crippen molar-refractivity contribution in [3.05, 3.63) is 53.3 Å². The van der Waals surface area contributed by atoms with E-state index in [1.54, 1.807) is 12.1 Å². The molecule has 0 fully saturated rings. The number of benzene rings is 2. The topological polar surface area (TPSA) is 96.3 Å². The minimum Gasteiger partial charge on any atom is -0.478 e. The van der Waals surface area contributed by atoms with Gasteiger partial charge in [0, 0.05) is 6.07 Å². The SMILES string of the molecule is N#Cc1ccccc1Oc1cc(F)c(C(=O)O)cc1N. The lowest BCUT2D eigenvalue weighted by atomic mass is 10.1. The predicted octanol–water partition coefficient (Wildman–Crippen LogP) is 2.77. The van der Waals surface area contributed by atoms with Crippen molar-refractivity contribution in [3.63, 3.8) is 0 Å². The van der Waals surface area contributed by atoms with Gasteiger partial charge in [-0.05, 0) is 18.2 Å². The van der Waals surface area contributed by atoms with Crippen LogP contribution in [-0.2, 0) is 0 Å². The van der Waals surface area contributed by atoms with E-state index in [0.717, 1.165) is 12.1 Å². The molecule has 0 saturated heterocycles. The molecule has 3 N–H and O–H groups in total. The highest BCUT2D eigenvalue weighted by Gasteiger charge is 2.15. The molecule has 2 aromatic carbocycles. The summed E-state index contributed by atoms with van der Waals surface area (Å²) in [7, 11) is 0. The van der Waals surface area contributed by atoms with Crippen LogP contribution in [0.1, 0.15) is 15.9 Å². The number of ether oxygens (including phenoxy) is 1. The Bertz CT molecular complexity index is 723. The summed E-state index contributed by atoms with van der Waals surface area (Å²) in [6, 6.07) is 10.1. The number of nitrogen functional groups attached to an aromatic ring is 1. The molecule has 100 valence electrons. The molecule has 0 atom stereocenters. The molecule has 2 aromatic rings. The van der Waals surface area contributed by atoms with Crippen molar-refractivity contribution >= 4 is 11.7 Å². The van der Waals surface area contributed by atoms with Gasteiger partial charge >= 0.3 is 5.97 Å². The Kier molecular flexibility index (Phi) is 3.53. The van der Waals surface area contributed by atoms with E-state index >= 15 is 0 Å². The Hall–Kier alpha value is -3.07. The minimum atomic E-state index is -1.42. The Morgan fingerprint density at radius 2 is 2.00 bits per heavy atom. The highest BCUT2D eigenvalue weighted by atomic mass is 19.1. The van der Waals surface area contributed by atoms with Gasteiger partial charge in [0.25, 0.3) is 0 Å². The van der Waals surface area contributed by atoms with Crippen molar-refractivity contribution < 1.29 is 19.0 Å². The number of para-hydroxylation sites is 1. The summed E-state index contributed by atoms with van der Waals surface area (Å²) in [6.07, 6.45) is 0. The first-order valence-electron chi connectivity index (χ1n) is 5.52. The first kappa shape index (κ1) is 13.4. The highest BCUT2D eigenvalue weighted by molar-refractivity contribution is 5.89. The van der Waals surface area contributed by atoms with Gasteiger partial charge in [0.1, 0.15) is 17.6 Å². The quantitative estimate of drug-likeness (QED) is 0.837. The van der Waals surface area contributed by atoms with E-state index in [1.165, 1.54) is 12.1 Å². The van der Waals surface area contributed by atoms with Gasteiger partial charge in [-0.2, -0.15) is 5.26 Å². The number of carboxylic acids is 1. The highest BCUT2D eigenvalue weighted by Crippen LogP contribution is 2.31. The van der Waals surface area contributed by atoms with Crippen LogP contribution in [0.5, 0.6) is 11.5 Å². The van der Waals surface area contributed by atoms with Gasteiger partial charge in [-0.15, -0.1) is 0 Å². The van der Waals surface area contributed by atoms with E-state index in [0.29, 0.717) is 0 Å². The molecule has 0 aliphatic carbocycles. The normalized spacial score (nSPS) is 9.80. The summed E-state index contributed by atoms with van der Waals surface area (Å²) in [5.74, 6) is -2.21. The number of carboxylic acid groups (broad SMARTS) is 1. The molecule has 0 bridgehead atoms. The number of nitrogens with zero attached hydrogens (tertiary/aromatic N) is 1. The average Bonchev–Trinajstić information content (AvgIpc) is 2.42. The number of nitriles is 1. The maximum Gasteiger partial charge on any atom is 0.338 e. The standard InChI is InChI=1S/C14H9FN2O3/c15-10-6-13(11(17)5-9(10)14(18)19)20-12-4-2-1-3-8(12)7-16/h1-6H,17H2,(H,18,19). The maximum atomic E-state index is 13.6. The molecule has 0 saturated carbocycles. The van der Waals surface area contributed by atoms with Crippen LogP contribution < -0.4 is 10.5 Å². The van der Waals surface area contributed by atoms with Gasteiger partial charge in [-0.25, -0.2) is 9.18 Å². The number of hydrogen-bond acceptors (Lipinski definition) is 4. The molecule has 0 aromatic heterocycles. The molecule has 2 rings (SSSR count). The molecule has 6 heteroatoms. The molecule has 0 aliphatic heterocycles. The van der Waals surface area contributed by atoms with E-state index in [1.807, 2.05) is 6.07 Å². The third-order valence-electron chi connectivity index (χ3n) is 2.56.